The maximum absolute atomic E-state index is 12.0. The van der Waals surface area contributed by atoms with Crippen molar-refractivity contribution in [2.24, 2.45) is 0 Å². The monoisotopic (exact) mass is 302 g/mol. The summed E-state index contributed by atoms with van der Waals surface area (Å²) in [4.78, 5) is 32.6. The lowest BCUT2D eigenvalue weighted by molar-refractivity contribution is 0.0468. The average molecular weight is 302 g/mol. The fourth-order valence-electron chi connectivity index (χ4n) is 2.00. The van der Waals surface area contributed by atoms with Gasteiger partial charge in [-0.1, -0.05) is 0 Å². The second kappa shape index (κ2) is 6.51. The zero-order valence-corrected chi connectivity index (χ0v) is 13.1. The molecule has 0 saturated heterocycles. The highest BCUT2D eigenvalue weighted by Crippen LogP contribution is 2.19. The minimum absolute atomic E-state index is 0.115. The first kappa shape index (κ1) is 15.9. The van der Waals surface area contributed by atoms with Gasteiger partial charge in [-0.05, 0) is 51.0 Å². The van der Waals surface area contributed by atoms with Crippen LogP contribution in [0.4, 0.5) is 0 Å². The van der Waals surface area contributed by atoms with Crippen LogP contribution < -0.4 is 0 Å². The number of nitrogens with zero attached hydrogens (tertiary/aromatic N) is 2. The third kappa shape index (κ3) is 3.05. The van der Waals surface area contributed by atoms with E-state index in [0.29, 0.717) is 11.0 Å². The minimum Gasteiger partial charge on any atom is -0.461 e. The lowest BCUT2D eigenvalue weighted by atomic mass is 10.1. The van der Waals surface area contributed by atoms with E-state index >= 15 is 0 Å². The van der Waals surface area contributed by atoms with Crippen LogP contribution in [0.1, 0.15) is 46.0 Å². The van der Waals surface area contributed by atoms with Crippen LogP contribution in [0, 0.1) is 13.8 Å². The lowest BCUT2D eigenvalue weighted by Crippen LogP contribution is -2.18. The van der Waals surface area contributed by atoms with Crippen LogP contribution in [-0.2, 0) is 9.47 Å². The zero-order chi connectivity index (χ0) is 16.3. The number of ether oxygens (including phenoxy) is 2. The van der Waals surface area contributed by atoms with Crippen molar-refractivity contribution >= 4 is 23.0 Å². The third-order valence-corrected chi connectivity index (χ3v) is 3.22. The number of carbonyl (C=O) groups excluding carboxylic acids is 2. The van der Waals surface area contributed by atoms with E-state index in [9.17, 15) is 9.59 Å². The number of fused-ring (bicyclic) bond motifs is 1. The molecule has 1 aromatic carbocycles. The Morgan fingerprint density at radius 1 is 0.864 bits per heavy atom. The smallest absolute Gasteiger partial charge is 0.359 e. The molecule has 0 unspecified atom stereocenters. The van der Waals surface area contributed by atoms with Gasteiger partial charge in [0.2, 0.25) is 0 Å². The van der Waals surface area contributed by atoms with Crippen LogP contribution in [0.5, 0.6) is 0 Å². The summed E-state index contributed by atoms with van der Waals surface area (Å²) in [6, 6.07) is 3.66. The van der Waals surface area contributed by atoms with Gasteiger partial charge in [-0.15, -0.1) is 0 Å². The van der Waals surface area contributed by atoms with E-state index in [2.05, 4.69) is 9.97 Å². The van der Waals surface area contributed by atoms with Crippen LogP contribution in [0.25, 0.3) is 11.0 Å². The third-order valence-electron chi connectivity index (χ3n) is 3.22. The highest BCUT2D eigenvalue weighted by Gasteiger charge is 2.24. The average Bonchev–Trinajstić information content (AvgIpc) is 2.48. The molecule has 0 radical (unpaired) electrons. The molecule has 2 aromatic rings. The van der Waals surface area contributed by atoms with E-state index in [1.54, 1.807) is 13.8 Å². The first-order valence-corrected chi connectivity index (χ1v) is 7.11. The Hall–Kier alpha value is -2.50. The molecule has 6 heteroatoms. The van der Waals surface area contributed by atoms with E-state index in [0.717, 1.165) is 11.1 Å². The van der Waals surface area contributed by atoms with Gasteiger partial charge in [-0.2, -0.15) is 0 Å². The Morgan fingerprint density at radius 3 is 1.55 bits per heavy atom. The highest BCUT2D eigenvalue weighted by atomic mass is 16.5. The van der Waals surface area contributed by atoms with Crippen LogP contribution >= 0.6 is 0 Å². The second-order valence-corrected chi connectivity index (χ2v) is 4.79. The molecule has 116 valence electrons. The van der Waals surface area contributed by atoms with Gasteiger partial charge in [0.25, 0.3) is 0 Å². The topological polar surface area (TPSA) is 78.4 Å². The quantitative estimate of drug-likeness (QED) is 0.808. The van der Waals surface area contributed by atoms with Gasteiger partial charge in [-0.3, -0.25) is 0 Å². The van der Waals surface area contributed by atoms with Gasteiger partial charge in [0.15, 0.2) is 11.4 Å². The molecular weight excluding hydrogens is 284 g/mol. The summed E-state index contributed by atoms with van der Waals surface area (Å²) in [5, 5.41) is 0. The summed E-state index contributed by atoms with van der Waals surface area (Å²) in [6.07, 6.45) is 0. The molecule has 0 fully saturated rings. The molecule has 1 heterocycles. The minimum atomic E-state index is -0.682. The molecule has 0 saturated carbocycles. The Kier molecular flexibility index (Phi) is 4.70. The Labute approximate surface area is 128 Å². The van der Waals surface area contributed by atoms with E-state index < -0.39 is 11.9 Å². The van der Waals surface area contributed by atoms with Gasteiger partial charge in [0.1, 0.15) is 0 Å². The Morgan fingerprint density at radius 2 is 1.23 bits per heavy atom. The summed E-state index contributed by atoms with van der Waals surface area (Å²) in [5.41, 5.74) is 2.91. The van der Waals surface area contributed by atoms with Crippen molar-refractivity contribution in [2.45, 2.75) is 27.7 Å². The van der Waals surface area contributed by atoms with Crippen molar-refractivity contribution in [3.8, 4) is 0 Å². The van der Waals surface area contributed by atoms with E-state index in [1.165, 1.54) is 0 Å². The largest absolute Gasteiger partial charge is 0.461 e. The lowest BCUT2D eigenvalue weighted by Gasteiger charge is -2.09. The molecule has 2 rings (SSSR count). The van der Waals surface area contributed by atoms with Crippen LogP contribution in [0.15, 0.2) is 12.1 Å². The predicted octanol–water partition coefficient (Wildman–Crippen LogP) is 2.60. The van der Waals surface area contributed by atoms with Gasteiger partial charge in [0.05, 0.1) is 24.2 Å². The van der Waals surface area contributed by atoms with Crippen molar-refractivity contribution in [1.82, 2.24) is 9.97 Å². The highest BCUT2D eigenvalue weighted by molar-refractivity contribution is 6.02. The van der Waals surface area contributed by atoms with E-state index in [-0.39, 0.29) is 24.6 Å². The molecule has 0 N–H and O–H groups in total. The summed E-state index contributed by atoms with van der Waals surface area (Å²) >= 11 is 0. The Bertz CT molecular complexity index is 678. The molecule has 6 nitrogen and oxygen atoms in total. The summed E-state index contributed by atoms with van der Waals surface area (Å²) in [6.45, 7) is 7.63. The maximum Gasteiger partial charge on any atom is 0.359 e. The summed E-state index contributed by atoms with van der Waals surface area (Å²) in [5.74, 6) is -1.36. The fraction of sp³-hybridized carbons (Fsp3) is 0.375. The van der Waals surface area contributed by atoms with Crippen molar-refractivity contribution in [1.29, 1.82) is 0 Å². The molecule has 0 atom stereocenters. The predicted molar refractivity (Wildman–Crippen MR) is 80.9 cm³/mol. The number of carbonyl (C=O) groups is 2. The number of esters is 2. The Balaban J connectivity index is 2.66. The van der Waals surface area contributed by atoms with Crippen molar-refractivity contribution in [2.75, 3.05) is 13.2 Å². The van der Waals surface area contributed by atoms with E-state index in [1.807, 2.05) is 26.0 Å². The second-order valence-electron chi connectivity index (χ2n) is 4.79. The number of hydrogen-bond acceptors (Lipinski definition) is 6. The standard InChI is InChI=1S/C16H18N2O4/c1-5-21-15(19)13-14(16(20)22-6-2)18-12-8-10(4)9(3)7-11(12)17-13/h7-8H,5-6H2,1-4H3. The molecule has 1 aromatic heterocycles. The number of benzene rings is 1. The molecule has 0 aliphatic carbocycles. The van der Waals surface area contributed by atoms with Gasteiger partial charge in [0, 0.05) is 0 Å². The maximum atomic E-state index is 12.0. The molecule has 0 spiro atoms. The van der Waals surface area contributed by atoms with Crippen LogP contribution in [-0.4, -0.2) is 35.1 Å². The number of hydrogen-bond donors (Lipinski definition) is 0. The van der Waals surface area contributed by atoms with Crippen molar-refractivity contribution in [3.05, 3.63) is 34.6 Å². The van der Waals surface area contributed by atoms with Gasteiger partial charge in [-0.25, -0.2) is 19.6 Å². The molecule has 22 heavy (non-hydrogen) atoms. The first-order valence-electron chi connectivity index (χ1n) is 7.11. The normalized spacial score (nSPS) is 10.5. The number of aryl methyl sites for hydroxylation is 2. The summed E-state index contributed by atoms with van der Waals surface area (Å²) < 4.78 is 9.90. The molecular formula is C16H18N2O4. The molecule has 0 amide bonds. The molecule has 0 bridgehead atoms. The molecule has 0 aliphatic heterocycles. The van der Waals surface area contributed by atoms with Crippen LogP contribution in [0.3, 0.4) is 0 Å². The first-order chi connectivity index (χ1) is 10.5. The zero-order valence-electron chi connectivity index (χ0n) is 13.1. The van der Waals surface area contributed by atoms with Gasteiger partial charge >= 0.3 is 11.9 Å². The van der Waals surface area contributed by atoms with Crippen LogP contribution in [0.2, 0.25) is 0 Å². The number of aromatic nitrogens is 2. The number of rotatable bonds is 4. The fourth-order valence-corrected chi connectivity index (χ4v) is 2.00. The SMILES string of the molecule is CCOC(=O)c1nc2cc(C)c(C)cc2nc1C(=O)OCC. The van der Waals surface area contributed by atoms with Crippen molar-refractivity contribution < 1.29 is 19.1 Å². The summed E-state index contributed by atoms with van der Waals surface area (Å²) in [7, 11) is 0. The van der Waals surface area contributed by atoms with Crippen molar-refractivity contribution in [3.63, 3.8) is 0 Å². The van der Waals surface area contributed by atoms with Gasteiger partial charge < -0.3 is 9.47 Å². The van der Waals surface area contributed by atoms with E-state index in [4.69, 9.17) is 9.47 Å². The molecule has 0 aliphatic rings.